The van der Waals surface area contributed by atoms with Crippen LogP contribution in [0.2, 0.25) is 5.02 Å². The van der Waals surface area contributed by atoms with Crippen LogP contribution in [0.4, 0.5) is 0 Å². The molecule has 1 amide bonds. The molecule has 1 aromatic heterocycles. The van der Waals surface area contributed by atoms with Crippen molar-refractivity contribution < 1.29 is 4.79 Å². The maximum Gasteiger partial charge on any atom is 0.273 e. The predicted octanol–water partition coefficient (Wildman–Crippen LogP) is 3.59. The number of carbonyl (C=O) groups is 1. The first-order chi connectivity index (χ1) is 10.7. The molecular formula is C17H19ClN4O. The number of hydrogen-bond acceptors (Lipinski definition) is 3. The Kier molecular flexibility index (Phi) is 4.76. The monoisotopic (exact) mass is 330 g/mol. The van der Waals surface area contributed by atoms with E-state index in [4.69, 9.17) is 11.6 Å². The Morgan fingerprint density at radius 1 is 1.39 bits per heavy atom. The summed E-state index contributed by atoms with van der Waals surface area (Å²) < 4.78 is 1.79. The standard InChI is InChI=1S/C17H19ClN4O/c1-11-8-14(21-22(11)17(2,3)4)16(23)20-15(10-19)12-6-5-7-13(18)9-12/h5-9,15H,1-4H3,(H,20,23). The van der Waals surface area contributed by atoms with Crippen molar-refractivity contribution in [2.24, 2.45) is 0 Å². The highest BCUT2D eigenvalue weighted by molar-refractivity contribution is 6.30. The lowest BCUT2D eigenvalue weighted by Gasteiger charge is -2.21. The Hall–Kier alpha value is -2.32. The highest BCUT2D eigenvalue weighted by Crippen LogP contribution is 2.19. The lowest BCUT2D eigenvalue weighted by Crippen LogP contribution is -2.29. The number of hydrogen-bond donors (Lipinski definition) is 1. The Balaban J connectivity index is 2.23. The molecule has 1 atom stereocenters. The van der Waals surface area contributed by atoms with Gasteiger partial charge in [0.2, 0.25) is 0 Å². The van der Waals surface area contributed by atoms with Crippen LogP contribution in [-0.4, -0.2) is 15.7 Å². The van der Waals surface area contributed by atoms with Crippen molar-refractivity contribution in [3.8, 4) is 6.07 Å². The number of aromatic nitrogens is 2. The minimum Gasteiger partial charge on any atom is -0.331 e. The molecule has 5 nitrogen and oxygen atoms in total. The number of amides is 1. The van der Waals surface area contributed by atoms with Crippen LogP contribution in [0.3, 0.4) is 0 Å². The molecule has 0 radical (unpaired) electrons. The van der Waals surface area contributed by atoms with Crippen molar-refractivity contribution in [2.45, 2.75) is 39.3 Å². The van der Waals surface area contributed by atoms with Gasteiger partial charge in [-0.3, -0.25) is 9.48 Å². The van der Waals surface area contributed by atoms with Gasteiger partial charge in [0.1, 0.15) is 11.7 Å². The van der Waals surface area contributed by atoms with Gasteiger partial charge in [-0.15, -0.1) is 0 Å². The molecule has 0 saturated carbocycles. The molecule has 2 rings (SSSR count). The molecule has 0 aliphatic heterocycles. The number of benzene rings is 1. The molecule has 0 spiro atoms. The summed E-state index contributed by atoms with van der Waals surface area (Å²) >= 11 is 5.94. The van der Waals surface area contributed by atoms with E-state index >= 15 is 0 Å². The molecular weight excluding hydrogens is 312 g/mol. The fourth-order valence-electron chi connectivity index (χ4n) is 2.35. The molecule has 1 aromatic carbocycles. The van der Waals surface area contributed by atoms with E-state index in [2.05, 4.69) is 16.5 Å². The number of rotatable bonds is 3. The Morgan fingerprint density at radius 2 is 2.09 bits per heavy atom. The minimum atomic E-state index is -0.777. The zero-order chi connectivity index (χ0) is 17.2. The van der Waals surface area contributed by atoms with E-state index in [9.17, 15) is 10.1 Å². The molecule has 23 heavy (non-hydrogen) atoms. The van der Waals surface area contributed by atoms with E-state index in [1.807, 2.05) is 27.7 Å². The highest BCUT2D eigenvalue weighted by atomic mass is 35.5. The van der Waals surface area contributed by atoms with Crippen LogP contribution in [-0.2, 0) is 5.54 Å². The molecule has 6 heteroatoms. The molecule has 2 aromatic rings. The van der Waals surface area contributed by atoms with Crippen LogP contribution in [0.1, 0.15) is 48.6 Å². The van der Waals surface area contributed by atoms with E-state index in [0.717, 1.165) is 5.69 Å². The van der Waals surface area contributed by atoms with Gasteiger partial charge in [-0.1, -0.05) is 23.7 Å². The first kappa shape index (κ1) is 17.0. The van der Waals surface area contributed by atoms with Crippen molar-refractivity contribution in [1.29, 1.82) is 5.26 Å². The zero-order valence-corrected chi connectivity index (χ0v) is 14.3. The lowest BCUT2D eigenvalue weighted by molar-refractivity contribution is 0.0938. The fourth-order valence-corrected chi connectivity index (χ4v) is 2.54. The molecule has 1 N–H and O–H groups in total. The van der Waals surface area contributed by atoms with E-state index in [1.54, 1.807) is 35.0 Å². The molecule has 1 heterocycles. The van der Waals surface area contributed by atoms with Crippen molar-refractivity contribution in [1.82, 2.24) is 15.1 Å². The Morgan fingerprint density at radius 3 is 2.61 bits per heavy atom. The number of nitriles is 1. The van der Waals surface area contributed by atoms with Crippen molar-refractivity contribution in [3.63, 3.8) is 0 Å². The Labute approximate surface area is 140 Å². The van der Waals surface area contributed by atoms with Crippen LogP contribution in [0, 0.1) is 18.3 Å². The van der Waals surface area contributed by atoms with E-state index in [1.165, 1.54) is 0 Å². The van der Waals surface area contributed by atoms with Gasteiger partial charge in [-0.05, 0) is 51.5 Å². The maximum absolute atomic E-state index is 12.4. The average Bonchev–Trinajstić information content (AvgIpc) is 2.86. The smallest absolute Gasteiger partial charge is 0.273 e. The SMILES string of the molecule is Cc1cc(C(=O)NC(C#N)c2cccc(Cl)c2)nn1C(C)(C)C. The molecule has 0 bridgehead atoms. The van der Waals surface area contributed by atoms with Crippen LogP contribution < -0.4 is 5.32 Å². The van der Waals surface area contributed by atoms with Crippen molar-refractivity contribution in [2.75, 3.05) is 0 Å². The molecule has 0 saturated heterocycles. The lowest BCUT2D eigenvalue weighted by atomic mass is 10.1. The molecule has 0 aliphatic carbocycles. The van der Waals surface area contributed by atoms with E-state index in [0.29, 0.717) is 16.3 Å². The average molecular weight is 331 g/mol. The summed E-state index contributed by atoms with van der Waals surface area (Å²) in [5, 5.41) is 16.9. The minimum absolute atomic E-state index is 0.218. The number of aryl methyl sites for hydroxylation is 1. The third-order valence-corrected chi connectivity index (χ3v) is 3.58. The van der Waals surface area contributed by atoms with Crippen molar-refractivity contribution >= 4 is 17.5 Å². The first-order valence-electron chi connectivity index (χ1n) is 7.25. The van der Waals surface area contributed by atoms with E-state index < -0.39 is 6.04 Å². The number of carbonyl (C=O) groups excluding carboxylic acids is 1. The van der Waals surface area contributed by atoms with Gasteiger partial charge in [0.05, 0.1) is 11.6 Å². The predicted molar refractivity (Wildman–Crippen MR) is 89.2 cm³/mol. The van der Waals surface area contributed by atoms with Crippen LogP contribution >= 0.6 is 11.6 Å². The third kappa shape index (κ3) is 3.91. The van der Waals surface area contributed by atoms with Gasteiger partial charge in [-0.2, -0.15) is 10.4 Å². The second-order valence-electron chi connectivity index (χ2n) is 6.34. The van der Waals surface area contributed by atoms with Gasteiger partial charge in [0.15, 0.2) is 0 Å². The highest BCUT2D eigenvalue weighted by Gasteiger charge is 2.22. The topological polar surface area (TPSA) is 70.7 Å². The largest absolute Gasteiger partial charge is 0.331 e. The zero-order valence-electron chi connectivity index (χ0n) is 13.6. The summed E-state index contributed by atoms with van der Waals surface area (Å²) in [6.45, 7) is 7.93. The molecule has 0 fully saturated rings. The number of nitrogens with zero attached hydrogens (tertiary/aromatic N) is 3. The summed E-state index contributed by atoms with van der Waals surface area (Å²) in [4.78, 5) is 12.4. The van der Waals surface area contributed by atoms with E-state index in [-0.39, 0.29) is 11.4 Å². The normalized spacial score (nSPS) is 12.5. The fraction of sp³-hybridized carbons (Fsp3) is 0.353. The molecule has 120 valence electrons. The van der Waals surface area contributed by atoms with Crippen LogP contribution in [0.25, 0.3) is 0 Å². The summed E-state index contributed by atoms with van der Waals surface area (Å²) in [6.07, 6.45) is 0. The summed E-state index contributed by atoms with van der Waals surface area (Å²) in [6, 6.07) is 9.88. The number of nitrogens with one attached hydrogen (secondary N) is 1. The second kappa shape index (κ2) is 6.43. The summed E-state index contributed by atoms with van der Waals surface area (Å²) in [7, 11) is 0. The van der Waals surface area contributed by atoms with Crippen molar-refractivity contribution in [3.05, 3.63) is 52.3 Å². The quantitative estimate of drug-likeness (QED) is 0.934. The summed E-state index contributed by atoms with van der Waals surface area (Å²) in [5.41, 5.74) is 1.60. The van der Waals surface area contributed by atoms with Gasteiger partial charge < -0.3 is 5.32 Å². The third-order valence-electron chi connectivity index (χ3n) is 3.34. The van der Waals surface area contributed by atoms with Crippen LogP contribution in [0.15, 0.2) is 30.3 Å². The van der Waals surface area contributed by atoms with Crippen LogP contribution in [0.5, 0.6) is 0 Å². The van der Waals surface area contributed by atoms with Gasteiger partial charge in [0, 0.05) is 10.7 Å². The molecule has 0 aliphatic rings. The number of halogens is 1. The first-order valence-corrected chi connectivity index (χ1v) is 7.63. The molecule has 1 unspecified atom stereocenters. The van der Waals surface area contributed by atoms with Gasteiger partial charge in [0.25, 0.3) is 5.91 Å². The maximum atomic E-state index is 12.4. The van der Waals surface area contributed by atoms with Gasteiger partial charge >= 0.3 is 0 Å². The second-order valence-corrected chi connectivity index (χ2v) is 6.78. The summed E-state index contributed by atoms with van der Waals surface area (Å²) in [5.74, 6) is -0.386. The Bertz CT molecular complexity index is 768. The van der Waals surface area contributed by atoms with Gasteiger partial charge in [-0.25, -0.2) is 0 Å².